The highest BCUT2D eigenvalue weighted by Crippen LogP contribution is 2.30. The number of nitrogens with zero attached hydrogens (tertiary/aromatic N) is 5. The Morgan fingerprint density at radius 2 is 1.45 bits per heavy atom. The Kier molecular flexibility index (Phi) is 12.9. The van der Waals surface area contributed by atoms with Gasteiger partial charge in [-0.1, -0.05) is 35.3 Å². The highest BCUT2D eigenvalue weighted by molar-refractivity contribution is 6.32. The van der Waals surface area contributed by atoms with Gasteiger partial charge in [-0.2, -0.15) is 4.98 Å². The molecule has 3 heterocycles. The molecule has 0 saturated carbocycles. The van der Waals surface area contributed by atoms with Gasteiger partial charge in [0.15, 0.2) is 11.6 Å². The van der Waals surface area contributed by atoms with Gasteiger partial charge < -0.3 is 39.2 Å². The van der Waals surface area contributed by atoms with Crippen LogP contribution in [0.5, 0.6) is 17.2 Å². The zero-order valence-electron chi connectivity index (χ0n) is 28.7. The summed E-state index contributed by atoms with van der Waals surface area (Å²) in [5.41, 5.74) is 1.92. The van der Waals surface area contributed by atoms with E-state index >= 15 is 0 Å². The number of esters is 2. The summed E-state index contributed by atoms with van der Waals surface area (Å²) in [6.45, 7) is 5.39. The van der Waals surface area contributed by atoms with Crippen LogP contribution < -0.4 is 29.7 Å². The van der Waals surface area contributed by atoms with Gasteiger partial charge in [0.25, 0.3) is 0 Å². The largest absolute Gasteiger partial charge is 0.495 e. The third-order valence-electron chi connectivity index (χ3n) is 7.90. The van der Waals surface area contributed by atoms with E-state index < -0.39 is 11.9 Å². The number of ether oxygens (including phenoxy) is 5. The molecule has 51 heavy (non-hydrogen) atoms. The van der Waals surface area contributed by atoms with Crippen molar-refractivity contribution in [3.63, 3.8) is 0 Å². The van der Waals surface area contributed by atoms with Gasteiger partial charge in [0.2, 0.25) is 11.8 Å². The number of nitrogens with one attached hydrogen (secondary N) is 2. The molecular weight excluding hydrogens is 701 g/mol. The summed E-state index contributed by atoms with van der Waals surface area (Å²) < 4.78 is 27.2. The summed E-state index contributed by atoms with van der Waals surface area (Å²) in [7, 11) is 3.10. The van der Waals surface area contributed by atoms with Crippen LogP contribution in [0.15, 0.2) is 48.8 Å². The first kappa shape index (κ1) is 37.2. The van der Waals surface area contributed by atoms with Crippen LogP contribution in [0.2, 0.25) is 10.0 Å². The van der Waals surface area contributed by atoms with Crippen molar-refractivity contribution in [1.82, 2.24) is 19.9 Å². The highest BCUT2D eigenvalue weighted by Gasteiger charge is 2.29. The van der Waals surface area contributed by atoms with Crippen LogP contribution in [0.4, 0.5) is 17.6 Å². The van der Waals surface area contributed by atoms with Crippen LogP contribution in [-0.2, 0) is 22.6 Å². The first-order valence-corrected chi connectivity index (χ1v) is 17.1. The molecule has 270 valence electrons. The summed E-state index contributed by atoms with van der Waals surface area (Å²) in [4.78, 5) is 45.2. The van der Waals surface area contributed by atoms with Crippen LogP contribution >= 0.6 is 23.2 Å². The van der Waals surface area contributed by atoms with Crippen molar-refractivity contribution in [2.75, 3.05) is 56.1 Å². The molecule has 14 nitrogen and oxygen atoms in total. The molecule has 1 atom stereocenters. The van der Waals surface area contributed by atoms with Gasteiger partial charge in [0.05, 0.1) is 49.7 Å². The topological polar surface area (TPSA) is 159 Å². The van der Waals surface area contributed by atoms with Gasteiger partial charge in [-0.25, -0.2) is 24.5 Å². The quantitative estimate of drug-likeness (QED) is 0.125. The van der Waals surface area contributed by atoms with E-state index in [4.69, 9.17) is 51.9 Å². The van der Waals surface area contributed by atoms with Crippen molar-refractivity contribution < 1.29 is 33.3 Å². The Hall–Kier alpha value is -5.08. The van der Waals surface area contributed by atoms with Crippen LogP contribution in [0.25, 0.3) is 0 Å². The lowest BCUT2D eigenvalue weighted by Gasteiger charge is -2.26. The number of hydrogen-bond acceptors (Lipinski definition) is 14. The number of hydrogen-bond donors (Lipinski definition) is 2. The van der Waals surface area contributed by atoms with E-state index in [0.29, 0.717) is 64.5 Å². The molecule has 1 fully saturated rings. The van der Waals surface area contributed by atoms with E-state index in [9.17, 15) is 9.59 Å². The number of methoxy groups -OCH3 is 2. The Labute approximate surface area is 305 Å². The minimum atomic E-state index is -0.649. The third-order valence-corrected chi connectivity index (χ3v) is 8.49. The van der Waals surface area contributed by atoms with Crippen molar-refractivity contribution in [1.29, 1.82) is 0 Å². The van der Waals surface area contributed by atoms with E-state index in [1.807, 2.05) is 17.0 Å². The van der Waals surface area contributed by atoms with Crippen LogP contribution in [0.3, 0.4) is 0 Å². The van der Waals surface area contributed by atoms with Crippen molar-refractivity contribution in [2.24, 2.45) is 0 Å². The molecule has 1 saturated heterocycles. The first-order chi connectivity index (χ1) is 24.7. The van der Waals surface area contributed by atoms with Crippen LogP contribution in [0, 0.1) is 0 Å². The first-order valence-electron chi connectivity index (χ1n) is 16.3. The highest BCUT2D eigenvalue weighted by atomic mass is 35.5. The van der Waals surface area contributed by atoms with Crippen molar-refractivity contribution >= 4 is 52.7 Å². The summed E-state index contributed by atoms with van der Waals surface area (Å²) in [5.74, 6) is 1.23. The lowest BCUT2D eigenvalue weighted by molar-refractivity contribution is 0.0507. The van der Waals surface area contributed by atoms with E-state index in [-0.39, 0.29) is 37.3 Å². The lowest BCUT2D eigenvalue weighted by atomic mass is 10.2. The second-order valence-electron chi connectivity index (χ2n) is 11.2. The maximum Gasteiger partial charge on any atom is 0.376 e. The van der Waals surface area contributed by atoms with E-state index in [2.05, 4.69) is 25.6 Å². The molecule has 0 spiro atoms. The minimum Gasteiger partial charge on any atom is -0.495 e. The molecule has 2 aromatic heterocycles. The molecule has 4 aromatic rings. The predicted octanol–water partition coefficient (Wildman–Crippen LogP) is 6.22. The van der Waals surface area contributed by atoms with E-state index in [1.165, 1.54) is 12.4 Å². The lowest BCUT2D eigenvalue weighted by Crippen LogP contribution is -2.36. The molecule has 16 heteroatoms. The normalized spacial score (nSPS) is 13.8. The monoisotopic (exact) mass is 739 g/mol. The number of carbonyl (C=O) groups is 2. The molecule has 2 N–H and O–H groups in total. The standard InChI is InChI=1S/C35H39Cl2N7O7/c1-5-49-33(45)24-18-41-35(43-30(24)38-16-21-9-11-27(47-3)25(36)14-21)44-13-7-8-23(44)20-51-29-19-40-32(34(46)50-6-2)42-31(29)39-17-22-10-12-28(48-4)26(37)15-22/h9-12,14-15,18-19,23H,5-8,13,16-17,20H2,1-4H3,(H,38,41,43)(H,39,40,42)/t23-/m0/s1. The Morgan fingerprint density at radius 3 is 2.06 bits per heavy atom. The minimum absolute atomic E-state index is 0.103. The maximum atomic E-state index is 12.8. The molecule has 1 aliphatic heterocycles. The molecule has 1 aliphatic rings. The van der Waals surface area contributed by atoms with Crippen LogP contribution in [0.1, 0.15) is 58.8 Å². The molecule has 2 aromatic carbocycles. The maximum absolute atomic E-state index is 12.8. The van der Waals surface area contributed by atoms with Gasteiger partial charge in [-0.05, 0) is 62.1 Å². The molecule has 0 radical (unpaired) electrons. The summed E-state index contributed by atoms with van der Waals surface area (Å²) >= 11 is 12.7. The Morgan fingerprint density at radius 1 is 0.824 bits per heavy atom. The second kappa shape index (κ2) is 17.7. The smallest absolute Gasteiger partial charge is 0.376 e. The van der Waals surface area contributed by atoms with Crippen molar-refractivity contribution in [2.45, 2.75) is 45.8 Å². The van der Waals surface area contributed by atoms with Gasteiger partial charge in [0.1, 0.15) is 29.5 Å². The average molecular weight is 741 g/mol. The van der Waals surface area contributed by atoms with Gasteiger partial charge in [-0.15, -0.1) is 0 Å². The van der Waals surface area contributed by atoms with Gasteiger partial charge >= 0.3 is 11.9 Å². The van der Waals surface area contributed by atoms with Crippen molar-refractivity contribution in [3.8, 4) is 17.2 Å². The fourth-order valence-corrected chi connectivity index (χ4v) is 5.93. The molecular formula is C35H39Cl2N7O7. The number of carbonyl (C=O) groups excluding carboxylic acids is 2. The van der Waals surface area contributed by atoms with Gasteiger partial charge in [-0.3, -0.25) is 0 Å². The Balaban J connectivity index is 1.34. The Bertz CT molecular complexity index is 1850. The van der Waals surface area contributed by atoms with E-state index in [0.717, 1.165) is 24.0 Å². The summed E-state index contributed by atoms with van der Waals surface area (Å²) in [6.07, 6.45) is 4.58. The fourth-order valence-electron chi connectivity index (χ4n) is 5.37. The second-order valence-corrected chi connectivity index (χ2v) is 12.0. The zero-order chi connectivity index (χ0) is 36.3. The molecule has 0 amide bonds. The molecule has 5 rings (SSSR count). The number of halogens is 2. The molecule has 0 unspecified atom stereocenters. The SMILES string of the molecule is CCOC(=O)c1ncc(OC[C@@H]2CCCN2c2ncc(C(=O)OCC)c(NCc3ccc(OC)c(Cl)c3)n2)c(NCc2ccc(OC)c(Cl)c2)n1. The van der Waals surface area contributed by atoms with Crippen LogP contribution in [-0.4, -0.2) is 78.5 Å². The average Bonchev–Trinajstić information content (AvgIpc) is 3.61. The summed E-state index contributed by atoms with van der Waals surface area (Å²) in [6, 6.07) is 10.7. The molecule has 0 bridgehead atoms. The number of benzene rings is 2. The predicted molar refractivity (Wildman–Crippen MR) is 193 cm³/mol. The van der Waals surface area contributed by atoms with E-state index in [1.54, 1.807) is 52.3 Å². The molecule has 0 aliphatic carbocycles. The number of aromatic nitrogens is 4. The third kappa shape index (κ3) is 9.38. The number of anilines is 3. The summed E-state index contributed by atoms with van der Waals surface area (Å²) in [5, 5.41) is 7.42. The van der Waals surface area contributed by atoms with Gasteiger partial charge in [0, 0.05) is 25.8 Å². The number of rotatable bonds is 16. The van der Waals surface area contributed by atoms with Crippen molar-refractivity contribution in [3.05, 3.63) is 81.4 Å². The fraction of sp³-hybridized carbons (Fsp3) is 0.371. The zero-order valence-corrected chi connectivity index (χ0v) is 30.2.